The number of nitrogens with zero attached hydrogens (tertiary/aromatic N) is 4. The van der Waals surface area contributed by atoms with Gasteiger partial charge in [0.2, 0.25) is 5.91 Å². The number of benzene rings is 1. The largest absolute Gasteiger partial charge is 0.325 e. The molecule has 3 rings (SSSR count). The number of aryl methyl sites for hydroxylation is 1. The Balaban J connectivity index is 1.52. The summed E-state index contributed by atoms with van der Waals surface area (Å²) in [7, 11) is -1.33. The summed E-state index contributed by atoms with van der Waals surface area (Å²) in [6.07, 6.45) is 3.06. The predicted octanol–water partition coefficient (Wildman–Crippen LogP) is 1.46. The summed E-state index contributed by atoms with van der Waals surface area (Å²) in [6, 6.07) is 7.98. The Morgan fingerprint density at radius 2 is 2.09 bits per heavy atom. The summed E-state index contributed by atoms with van der Waals surface area (Å²) in [6.45, 7) is 2.08. The lowest BCUT2D eigenvalue weighted by atomic mass is 10.1. The molecular weight excluding hydrogens is 314 g/mol. The van der Waals surface area contributed by atoms with Crippen LogP contribution >= 0.6 is 0 Å². The number of tetrazole rings is 1. The number of nitrogens with one attached hydrogen (secondary N) is 1. The van der Waals surface area contributed by atoms with Crippen LogP contribution in [-0.4, -0.2) is 36.1 Å². The molecule has 23 heavy (non-hydrogen) atoms. The van der Waals surface area contributed by atoms with Crippen LogP contribution in [0.15, 0.2) is 24.3 Å². The van der Waals surface area contributed by atoms with Crippen molar-refractivity contribution in [3.63, 3.8) is 0 Å². The van der Waals surface area contributed by atoms with Crippen molar-refractivity contribution in [1.82, 2.24) is 20.2 Å². The van der Waals surface area contributed by atoms with Gasteiger partial charge < -0.3 is 5.32 Å². The average molecular weight is 333 g/mol. The van der Waals surface area contributed by atoms with Crippen LogP contribution in [0.4, 0.5) is 5.69 Å². The Morgan fingerprint density at radius 3 is 2.74 bits per heavy atom. The third-order valence-corrected chi connectivity index (χ3v) is 4.85. The minimum atomic E-state index is -1.33. The van der Waals surface area contributed by atoms with Crippen LogP contribution in [0.5, 0.6) is 0 Å². The van der Waals surface area contributed by atoms with Crippen molar-refractivity contribution in [3.05, 3.63) is 35.7 Å². The van der Waals surface area contributed by atoms with Crippen molar-refractivity contribution in [3.8, 4) is 0 Å². The second kappa shape index (κ2) is 6.99. The number of carbonyl (C=O) groups excluding carboxylic acids is 1. The standard InChI is InChI=1S/C15H19N5O2S/c1-2-11-3-5-12(6-4-11)16-15(21)10-23(22)9-14-17-18-19-20(14)13-7-8-13/h3-6,13H,2,7-10H2,1H3,(H,16,21). The van der Waals surface area contributed by atoms with Crippen LogP contribution in [0.1, 0.15) is 37.2 Å². The first-order chi connectivity index (χ1) is 11.2. The first-order valence-electron chi connectivity index (χ1n) is 7.66. The lowest BCUT2D eigenvalue weighted by molar-refractivity contribution is -0.113. The maximum absolute atomic E-state index is 12.1. The van der Waals surface area contributed by atoms with Crippen LogP contribution in [0, 0.1) is 0 Å². The Labute approximate surface area is 136 Å². The van der Waals surface area contributed by atoms with E-state index in [2.05, 4.69) is 27.8 Å². The first kappa shape index (κ1) is 15.8. The van der Waals surface area contributed by atoms with Gasteiger partial charge in [0.1, 0.15) is 5.75 Å². The van der Waals surface area contributed by atoms with E-state index in [1.165, 1.54) is 5.56 Å². The molecule has 1 fully saturated rings. The van der Waals surface area contributed by atoms with Crippen molar-refractivity contribution >= 4 is 22.4 Å². The highest BCUT2D eigenvalue weighted by molar-refractivity contribution is 7.84. The predicted molar refractivity (Wildman–Crippen MR) is 87.3 cm³/mol. The molecule has 1 unspecified atom stereocenters. The molecule has 0 radical (unpaired) electrons. The Hall–Kier alpha value is -2.09. The van der Waals surface area contributed by atoms with Gasteiger partial charge in [0.15, 0.2) is 5.82 Å². The molecule has 0 saturated heterocycles. The van der Waals surface area contributed by atoms with Gasteiger partial charge in [-0.05, 0) is 47.4 Å². The zero-order valence-electron chi connectivity index (χ0n) is 12.9. The van der Waals surface area contributed by atoms with Crippen LogP contribution in [0.2, 0.25) is 0 Å². The molecule has 1 heterocycles. The molecule has 0 spiro atoms. The lowest BCUT2D eigenvalue weighted by Crippen LogP contribution is -2.21. The van der Waals surface area contributed by atoms with Gasteiger partial charge in [-0.2, -0.15) is 0 Å². The average Bonchev–Trinajstić information content (AvgIpc) is 3.28. The molecule has 0 aliphatic heterocycles. The topological polar surface area (TPSA) is 89.8 Å². The molecule has 1 aliphatic rings. The quantitative estimate of drug-likeness (QED) is 0.828. The number of hydrogen-bond acceptors (Lipinski definition) is 5. The van der Waals surface area contributed by atoms with Gasteiger partial charge in [0.05, 0.1) is 11.8 Å². The van der Waals surface area contributed by atoms with Gasteiger partial charge in [0, 0.05) is 16.5 Å². The van der Waals surface area contributed by atoms with Crippen molar-refractivity contribution in [2.45, 2.75) is 38.0 Å². The monoisotopic (exact) mass is 333 g/mol. The molecular formula is C15H19N5O2S. The summed E-state index contributed by atoms with van der Waals surface area (Å²) in [4.78, 5) is 12.0. The molecule has 1 N–H and O–H groups in total. The van der Waals surface area contributed by atoms with Crippen molar-refractivity contribution in [2.24, 2.45) is 0 Å². The van der Waals surface area contributed by atoms with E-state index in [9.17, 15) is 9.00 Å². The van der Waals surface area contributed by atoms with Crippen LogP contribution in [-0.2, 0) is 27.8 Å². The SMILES string of the molecule is CCc1ccc(NC(=O)CS(=O)Cc2nnnn2C2CC2)cc1. The molecule has 1 saturated carbocycles. The summed E-state index contributed by atoms with van der Waals surface area (Å²) in [5.41, 5.74) is 1.92. The van der Waals surface area contributed by atoms with Crippen LogP contribution in [0.25, 0.3) is 0 Å². The van der Waals surface area contributed by atoms with Gasteiger partial charge >= 0.3 is 0 Å². The molecule has 8 heteroatoms. The summed E-state index contributed by atoms with van der Waals surface area (Å²) in [5, 5.41) is 14.2. The van der Waals surface area contributed by atoms with Gasteiger partial charge in [-0.1, -0.05) is 19.1 Å². The number of hydrogen-bond donors (Lipinski definition) is 1. The smallest absolute Gasteiger partial charge is 0.237 e. The zero-order valence-corrected chi connectivity index (χ0v) is 13.8. The number of aromatic nitrogens is 4. The lowest BCUT2D eigenvalue weighted by Gasteiger charge is -2.06. The molecule has 2 aromatic rings. The fourth-order valence-electron chi connectivity index (χ4n) is 2.27. The van der Waals surface area contributed by atoms with E-state index in [1.54, 1.807) is 4.68 Å². The summed E-state index contributed by atoms with van der Waals surface area (Å²) < 4.78 is 13.9. The third kappa shape index (κ3) is 4.22. The van der Waals surface area contributed by atoms with E-state index in [0.717, 1.165) is 19.3 Å². The number of carbonyl (C=O) groups is 1. The normalized spacial score (nSPS) is 15.3. The van der Waals surface area contributed by atoms with Crippen molar-refractivity contribution in [2.75, 3.05) is 11.1 Å². The minimum absolute atomic E-state index is 0.0624. The second-order valence-electron chi connectivity index (χ2n) is 5.60. The van der Waals surface area contributed by atoms with Gasteiger partial charge in [-0.25, -0.2) is 4.68 Å². The minimum Gasteiger partial charge on any atom is -0.325 e. The number of rotatable bonds is 7. The summed E-state index contributed by atoms with van der Waals surface area (Å²) >= 11 is 0. The molecule has 0 bridgehead atoms. The number of amides is 1. The second-order valence-corrected chi connectivity index (χ2v) is 7.06. The van der Waals surface area contributed by atoms with Gasteiger partial charge in [-0.15, -0.1) is 5.10 Å². The first-order valence-corrected chi connectivity index (χ1v) is 9.15. The van der Waals surface area contributed by atoms with E-state index in [4.69, 9.17) is 0 Å². The van der Waals surface area contributed by atoms with Crippen molar-refractivity contribution < 1.29 is 9.00 Å². The van der Waals surface area contributed by atoms with E-state index in [1.807, 2.05) is 24.3 Å². The van der Waals surface area contributed by atoms with E-state index in [0.29, 0.717) is 17.6 Å². The Morgan fingerprint density at radius 1 is 1.35 bits per heavy atom. The van der Waals surface area contributed by atoms with Crippen molar-refractivity contribution in [1.29, 1.82) is 0 Å². The highest BCUT2D eigenvalue weighted by Gasteiger charge is 2.28. The third-order valence-electron chi connectivity index (χ3n) is 3.68. The van der Waals surface area contributed by atoms with E-state index < -0.39 is 10.8 Å². The van der Waals surface area contributed by atoms with Gasteiger partial charge in [0.25, 0.3) is 0 Å². The fourth-order valence-corrected chi connectivity index (χ4v) is 3.22. The zero-order chi connectivity index (χ0) is 16.2. The highest BCUT2D eigenvalue weighted by Crippen LogP contribution is 2.34. The molecule has 1 aliphatic carbocycles. The maximum atomic E-state index is 12.1. The number of anilines is 1. The molecule has 1 atom stereocenters. The van der Waals surface area contributed by atoms with Crippen LogP contribution in [0.3, 0.4) is 0 Å². The van der Waals surface area contributed by atoms with E-state index in [-0.39, 0.29) is 17.4 Å². The summed E-state index contributed by atoms with van der Waals surface area (Å²) in [5.74, 6) is 0.461. The molecule has 7 nitrogen and oxygen atoms in total. The molecule has 1 aromatic carbocycles. The van der Waals surface area contributed by atoms with E-state index >= 15 is 0 Å². The fraction of sp³-hybridized carbons (Fsp3) is 0.467. The maximum Gasteiger partial charge on any atom is 0.237 e. The molecule has 1 amide bonds. The van der Waals surface area contributed by atoms with Gasteiger partial charge in [-0.3, -0.25) is 9.00 Å². The highest BCUT2D eigenvalue weighted by atomic mass is 32.2. The Kier molecular flexibility index (Phi) is 4.80. The molecule has 122 valence electrons. The Bertz CT molecular complexity index is 709. The molecule has 1 aromatic heterocycles. The van der Waals surface area contributed by atoms with Crippen LogP contribution < -0.4 is 5.32 Å².